The van der Waals surface area contributed by atoms with Crippen LogP contribution in [-0.2, 0) is 14.8 Å². The van der Waals surface area contributed by atoms with Crippen molar-refractivity contribution in [2.24, 2.45) is 5.92 Å². The molecule has 1 amide bonds. The summed E-state index contributed by atoms with van der Waals surface area (Å²) in [6.07, 6.45) is 0.113. The number of alkyl carbamates (subject to hydrolysis) is 1. The molecule has 1 aromatic carbocycles. The van der Waals surface area contributed by atoms with E-state index in [-0.39, 0.29) is 24.1 Å². The second-order valence-corrected chi connectivity index (χ2v) is 8.53. The molecule has 0 fully saturated rings. The van der Waals surface area contributed by atoms with Crippen LogP contribution < -0.4 is 10.0 Å². The first-order valence-corrected chi connectivity index (χ1v) is 10.2. The first-order valence-electron chi connectivity index (χ1n) is 8.68. The van der Waals surface area contributed by atoms with Gasteiger partial charge >= 0.3 is 6.09 Å². The van der Waals surface area contributed by atoms with Crippen molar-refractivity contribution < 1.29 is 17.9 Å². The zero-order chi connectivity index (χ0) is 19.0. The molecule has 1 rings (SSSR count). The molecular formula is C18H30N2O4S. The number of sulfonamides is 1. The van der Waals surface area contributed by atoms with Crippen molar-refractivity contribution in [1.29, 1.82) is 0 Å². The van der Waals surface area contributed by atoms with Gasteiger partial charge in [0.25, 0.3) is 0 Å². The van der Waals surface area contributed by atoms with Crippen molar-refractivity contribution in [1.82, 2.24) is 10.0 Å². The topological polar surface area (TPSA) is 84.5 Å². The molecule has 0 spiro atoms. The molecule has 7 heteroatoms. The van der Waals surface area contributed by atoms with Crippen molar-refractivity contribution in [2.75, 3.05) is 13.2 Å². The monoisotopic (exact) mass is 370 g/mol. The minimum Gasteiger partial charge on any atom is -0.450 e. The Balaban J connectivity index is 2.76. The molecular weight excluding hydrogens is 340 g/mol. The predicted octanol–water partition coefficient (Wildman–Crippen LogP) is 3.25. The summed E-state index contributed by atoms with van der Waals surface area (Å²) in [5.41, 5.74) is 1.08. The van der Waals surface area contributed by atoms with E-state index in [0.29, 0.717) is 18.3 Å². The number of carbonyl (C=O) groups excluding carboxylic acids is 1. The third-order valence-corrected chi connectivity index (χ3v) is 5.17. The highest BCUT2D eigenvalue weighted by atomic mass is 32.2. The van der Waals surface area contributed by atoms with E-state index in [1.807, 2.05) is 26.0 Å². The van der Waals surface area contributed by atoms with Crippen molar-refractivity contribution in [3.63, 3.8) is 0 Å². The van der Waals surface area contributed by atoms with Gasteiger partial charge in [0, 0.05) is 12.6 Å². The van der Waals surface area contributed by atoms with Crippen LogP contribution in [0.2, 0.25) is 0 Å². The Hall–Kier alpha value is -1.60. The van der Waals surface area contributed by atoms with Gasteiger partial charge < -0.3 is 10.1 Å². The summed E-state index contributed by atoms with van der Waals surface area (Å²) >= 11 is 0. The van der Waals surface area contributed by atoms with Crippen LogP contribution in [0.1, 0.15) is 52.5 Å². The third kappa shape index (κ3) is 7.44. The molecule has 1 unspecified atom stereocenters. The third-order valence-electron chi connectivity index (χ3n) is 3.73. The zero-order valence-corrected chi connectivity index (χ0v) is 16.5. The van der Waals surface area contributed by atoms with E-state index in [9.17, 15) is 13.2 Å². The predicted molar refractivity (Wildman–Crippen MR) is 99.1 cm³/mol. The highest BCUT2D eigenvalue weighted by Crippen LogP contribution is 2.17. The number of ether oxygens (including phenoxy) is 1. The van der Waals surface area contributed by atoms with E-state index in [0.717, 1.165) is 5.56 Å². The van der Waals surface area contributed by atoms with Crippen molar-refractivity contribution >= 4 is 16.1 Å². The number of hydrogen-bond donors (Lipinski definition) is 2. The fraction of sp³-hybridized carbons (Fsp3) is 0.611. The van der Waals surface area contributed by atoms with Gasteiger partial charge in [0.05, 0.1) is 11.5 Å². The summed E-state index contributed by atoms with van der Waals surface area (Å²) in [7, 11) is -3.62. The number of nitrogens with one attached hydrogen (secondary N) is 2. The number of hydrogen-bond acceptors (Lipinski definition) is 4. The van der Waals surface area contributed by atoms with Gasteiger partial charge in [-0.1, -0.05) is 39.8 Å². The fourth-order valence-electron chi connectivity index (χ4n) is 2.43. The Bertz CT molecular complexity index is 640. The Morgan fingerprint density at radius 1 is 1.12 bits per heavy atom. The molecule has 1 aromatic rings. The molecule has 0 bridgehead atoms. The van der Waals surface area contributed by atoms with Crippen LogP contribution in [0.3, 0.4) is 0 Å². The molecule has 0 heterocycles. The lowest BCUT2D eigenvalue weighted by Gasteiger charge is -2.21. The standard InChI is InChI=1S/C18H30N2O4S/c1-6-24-18(21)20-16(11-13(2)3)12-19-25(22,23)17-9-7-15(8-10-17)14(4)5/h7-10,13-14,16,19H,6,11-12H2,1-5H3,(H,20,21). The SMILES string of the molecule is CCOC(=O)NC(CNS(=O)(=O)c1ccc(C(C)C)cc1)CC(C)C. The largest absolute Gasteiger partial charge is 0.450 e. The lowest BCUT2D eigenvalue weighted by atomic mass is 10.0. The van der Waals surface area contributed by atoms with Gasteiger partial charge in [-0.05, 0) is 42.9 Å². The molecule has 0 aliphatic heterocycles. The average molecular weight is 371 g/mol. The first-order chi connectivity index (χ1) is 11.7. The smallest absolute Gasteiger partial charge is 0.407 e. The minimum absolute atomic E-state index is 0.116. The van der Waals surface area contributed by atoms with Crippen molar-refractivity contribution in [3.05, 3.63) is 29.8 Å². The number of benzene rings is 1. The Labute approximate surface area is 151 Å². The maximum Gasteiger partial charge on any atom is 0.407 e. The summed E-state index contributed by atoms with van der Waals surface area (Å²) in [6, 6.07) is 6.52. The maximum atomic E-state index is 12.5. The number of carbonyl (C=O) groups is 1. The fourth-order valence-corrected chi connectivity index (χ4v) is 3.51. The average Bonchev–Trinajstić information content (AvgIpc) is 2.52. The van der Waals surface area contributed by atoms with E-state index in [1.54, 1.807) is 19.1 Å². The summed E-state index contributed by atoms with van der Waals surface area (Å²) < 4.78 is 32.4. The van der Waals surface area contributed by atoms with Crippen LogP contribution in [0.5, 0.6) is 0 Å². The highest BCUT2D eigenvalue weighted by Gasteiger charge is 2.20. The maximum absolute atomic E-state index is 12.5. The van der Waals surface area contributed by atoms with Crippen molar-refractivity contribution in [2.45, 2.75) is 57.9 Å². The van der Waals surface area contributed by atoms with E-state index >= 15 is 0 Å². The lowest BCUT2D eigenvalue weighted by Crippen LogP contribution is -2.44. The first kappa shape index (κ1) is 21.4. The lowest BCUT2D eigenvalue weighted by molar-refractivity contribution is 0.146. The van der Waals surface area contributed by atoms with Crippen LogP contribution >= 0.6 is 0 Å². The van der Waals surface area contributed by atoms with E-state index in [2.05, 4.69) is 23.9 Å². The molecule has 0 saturated heterocycles. The van der Waals surface area contributed by atoms with Gasteiger partial charge in [-0.3, -0.25) is 0 Å². The van der Waals surface area contributed by atoms with E-state index in [4.69, 9.17) is 4.74 Å². The summed E-state index contributed by atoms with van der Waals surface area (Å²) in [5.74, 6) is 0.649. The van der Waals surface area contributed by atoms with Crippen LogP contribution in [0.4, 0.5) is 4.79 Å². The zero-order valence-electron chi connectivity index (χ0n) is 15.7. The molecule has 2 N–H and O–H groups in total. The van der Waals surface area contributed by atoms with Crippen LogP contribution in [0.15, 0.2) is 29.2 Å². The van der Waals surface area contributed by atoms with Gasteiger partial charge in [-0.2, -0.15) is 0 Å². The van der Waals surface area contributed by atoms with Gasteiger partial charge in [-0.15, -0.1) is 0 Å². The highest BCUT2D eigenvalue weighted by molar-refractivity contribution is 7.89. The number of amides is 1. The van der Waals surface area contributed by atoms with Gasteiger partial charge in [0.1, 0.15) is 0 Å². The van der Waals surface area contributed by atoms with E-state index < -0.39 is 16.1 Å². The molecule has 0 aliphatic carbocycles. The van der Waals surface area contributed by atoms with Gasteiger partial charge in [-0.25, -0.2) is 17.9 Å². The molecule has 142 valence electrons. The normalized spacial score (nSPS) is 13.1. The molecule has 0 radical (unpaired) electrons. The van der Waals surface area contributed by atoms with E-state index in [1.165, 1.54) is 0 Å². The van der Waals surface area contributed by atoms with Crippen LogP contribution in [0, 0.1) is 5.92 Å². The molecule has 6 nitrogen and oxygen atoms in total. The van der Waals surface area contributed by atoms with Gasteiger partial charge in [0.15, 0.2) is 0 Å². The molecule has 1 atom stereocenters. The molecule has 0 saturated carbocycles. The van der Waals surface area contributed by atoms with Crippen LogP contribution in [-0.4, -0.2) is 33.7 Å². The summed E-state index contributed by atoms with van der Waals surface area (Å²) in [4.78, 5) is 11.8. The Morgan fingerprint density at radius 2 is 1.72 bits per heavy atom. The summed E-state index contributed by atoms with van der Waals surface area (Å²) in [5, 5.41) is 2.71. The van der Waals surface area contributed by atoms with Gasteiger partial charge in [0.2, 0.25) is 10.0 Å². The van der Waals surface area contributed by atoms with Crippen LogP contribution in [0.25, 0.3) is 0 Å². The Morgan fingerprint density at radius 3 is 2.20 bits per heavy atom. The quantitative estimate of drug-likeness (QED) is 0.699. The van der Waals surface area contributed by atoms with Crippen molar-refractivity contribution in [3.8, 4) is 0 Å². The summed E-state index contributed by atoms with van der Waals surface area (Å²) in [6.45, 7) is 10.2. The molecule has 25 heavy (non-hydrogen) atoms. The minimum atomic E-state index is -3.62. The molecule has 0 aromatic heterocycles. The second kappa shape index (κ2) is 9.77. The Kier molecular flexibility index (Phi) is 8.38. The number of rotatable bonds is 9. The second-order valence-electron chi connectivity index (χ2n) is 6.77. The molecule has 0 aliphatic rings.